The Hall–Kier alpha value is -1.09. The molecule has 0 amide bonds. The zero-order valence-corrected chi connectivity index (χ0v) is 10.9. The predicted molar refractivity (Wildman–Crippen MR) is 69.2 cm³/mol. The molecule has 3 heteroatoms. The summed E-state index contributed by atoms with van der Waals surface area (Å²) in [6, 6.07) is 4.37. The third-order valence-electron chi connectivity index (χ3n) is 3.52. The van der Waals surface area contributed by atoms with E-state index in [4.69, 9.17) is 4.74 Å². The largest absolute Gasteiger partial charge is 0.490 e. The number of halogens is 1. The monoisotopic (exact) mass is 252 g/mol. The fourth-order valence-corrected chi connectivity index (χ4v) is 2.49. The van der Waals surface area contributed by atoms with E-state index >= 15 is 0 Å². The van der Waals surface area contributed by atoms with Crippen LogP contribution in [0.15, 0.2) is 18.2 Å². The smallest absolute Gasteiger partial charge is 0.125 e. The van der Waals surface area contributed by atoms with Crippen molar-refractivity contribution in [3.63, 3.8) is 0 Å². The van der Waals surface area contributed by atoms with Crippen LogP contribution < -0.4 is 4.74 Å². The van der Waals surface area contributed by atoms with Crippen molar-refractivity contribution < 1.29 is 14.2 Å². The first-order valence-electron chi connectivity index (χ1n) is 6.81. The van der Waals surface area contributed by atoms with Gasteiger partial charge in [-0.2, -0.15) is 0 Å². The highest BCUT2D eigenvalue weighted by Crippen LogP contribution is 2.29. The maximum Gasteiger partial charge on any atom is 0.125 e. The first-order valence-corrected chi connectivity index (χ1v) is 6.81. The second-order valence-corrected chi connectivity index (χ2v) is 5.09. The fraction of sp³-hybridized carbons (Fsp3) is 0.600. The molecule has 1 aliphatic carbocycles. The second kappa shape index (κ2) is 6.19. The normalized spacial score (nSPS) is 19.3. The zero-order valence-electron chi connectivity index (χ0n) is 10.9. The molecule has 1 fully saturated rings. The molecule has 0 unspecified atom stereocenters. The molecule has 1 N–H and O–H groups in total. The van der Waals surface area contributed by atoms with Gasteiger partial charge in [-0.1, -0.05) is 12.8 Å². The second-order valence-electron chi connectivity index (χ2n) is 5.09. The highest BCUT2D eigenvalue weighted by molar-refractivity contribution is 5.35. The molecule has 1 atom stereocenters. The Kier molecular flexibility index (Phi) is 4.59. The summed E-state index contributed by atoms with van der Waals surface area (Å²) < 4.78 is 19.1. The van der Waals surface area contributed by atoms with Crippen LogP contribution >= 0.6 is 0 Å². The van der Waals surface area contributed by atoms with Crippen LogP contribution in [0.1, 0.15) is 57.1 Å². The topological polar surface area (TPSA) is 29.5 Å². The molecule has 1 aromatic rings. The number of aliphatic hydroxyl groups excluding tert-OH is 1. The van der Waals surface area contributed by atoms with Crippen molar-refractivity contribution in [3.8, 4) is 5.75 Å². The van der Waals surface area contributed by atoms with Gasteiger partial charge in [-0.25, -0.2) is 4.39 Å². The Bertz CT molecular complexity index is 382. The van der Waals surface area contributed by atoms with E-state index in [0.717, 1.165) is 12.8 Å². The van der Waals surface area contributed by atoms with E-state index in [2.05, 4.69) is 0 Å². The average Bonchev–Trinajstić information content (AvgIpc) is 2.60. The van der Waals surface area contributed by atoms with Crippen molar-refractivity contribution in [1.29, 1.82) is 0 Å². The van der Waals surface area contributed by atoms with E-state index in [-0.39, 0.29) is 11.9 Å². The van der Waals surface area contributed by atoms with Gasteiger partial charge in [-0.3, -0.25) is 0 Å². The first-order chi connectivity index (χ1) is 8.66. The maximum atomic E-state index is 13.2. The number of aliphatic hydroxyl groups is 1. The summed E-state index contributed by atoms with van der Waals surface area (Å²) in [7, 11) is 0. The molecule has 0 bridgehead atoms. The predicted octanol–water partition coefficient (Wildman–Crippen LogP) is 3.98. The van der Waals surface area contributed by atoms with E-state index in [0.29, 0.717) is 11.3 Å². The lowest BCUT2D eigenvalue weighted by Gasteiger charge is -2.20. The number of hydrogen-bond acceptors (Lipinski definition) is 2. The minimum absolute atomic E-state index is 0.204. The Morgan fingerprint density at radius 1 is 1.22 bits per heavy atom. The molecule has 0 radical (unpaired) electrons. The highest BCUT2D eigenvalue weighted by atomic mass is 19.1. The van der Waals surface area contributed by atoms with Crippen molar-refractivity contribution in [3.05, 3.63) is 29.6 Å². The minimum Gasteiger partial charge on any atom is -0.490 e. The number of rotatable bonds is 3. The molecular formula is C15H21FO2. The van der Waals surface area contributed by atoms with Crippen molar-refractivity contribution in [2.24, 2.45) is 0 Å². The Labute approximate surface area is 108 Å². The van der Waals surface area contributed by atoms with Crippen LogP contribution in [0.5, 0.6) is 5.75 Å². The standard InChI is InChI=1S/C15H21FO2/c1-11(17)14-10-12(16)8-9-15(14)18-13-6-4-2-3-5-7-13/h8-11,13,17H,2-7H2,1H3/t11-/m0/s1. The van der Waals surface area contributed by atoms with Crippen molar-refractivity contribution >= 4 is 0 Å². The van der Waals surface area contributed by atoms with E-state index in [9.17, 15) is 9.50 Å². The molecule has 2 rings (SSSR count). The molecule has 0 aliphatic heterocycles. The molecule has 0 saturated heterocycles. The van der Waals surface area contributed by atoms with Gasteiger partial charge in [0.25, 0.3) is 0 Å². The third kappa shape index (κ3) is 3.45. The molecule has 0 heterocycles. The quantitative estimate of drug-likeness (QED) is 0.824. The van der Waals surface area contributed by atoms with Gasteiger partial charge >= 0.3 is 0 Å². The van der Waals surface area contributed by atoms with Crippen LogP contribution in [-0.4, -0.2) is 11.2 Å². The summed E-state index contributed by atoms with van der Waals surface area (Å²) in [5.74, 6) is 0.289. The molecule has 1 aromatic carbocycles. The van der Waals surface area contributed by atoms with Crippen molar-refractivity contribution in [1.82, 2.24) is 0 Å². The van der Waals surface area contributed by atoms with Gasteiger partial charge in [0, 0.05) is 5.56 Å². The summed E-state index contributed by atoms with van der Waals surface area (Å²) in [4.78, 5) is 0. The van der Waals surface area contributed by atoms with Crippen LogP contribution in [-0.2, 0) is 0 Å². The molecule has 100 valence electrons. The maximum absolute atomic E-state index is 13.2. The molecule has 1 aliphatic rings. The minimum atomic E-state index is -0.707. The third-order valence-corrected chi connectivity index (χ3v) is 3.52. The SMILES string of the molecule is C[C@H](O)c1cc(F)ccc1OC1CCCCCC1. The van der Waals surface area contributed by atoms with Crippen LogP contribution in [0.25, 0.3) is 0 Å². The summed E-state index contributed by atoms with van der Waals surface area (Å²) in [6.45, 7) is 1.63. The Morgan fingerprint density at radius 2 is 1.89 bits per heavy atom. The molecular weight excluding hydrogens is 231 g/mol. The van der Waals surface area contributed by atoms with Gasteiger partial charge in [0.1, 0.15) is 11.6 Å². The van der Waals surface area contributed by atoms with Crippen LogP contribution in [0.4, 0.5) is 4.39 Å². The van der Waals surface area contributed by atoms with E-state index in [1.165, 1.54) is 37.8 Å². The number of hydrogen-bond donors (Lipinski definition) is 1. The lowest BCUT2D eigenvalue weighted by molar-refractivity contribution is 0.161. The Balaban J connectivity index is 2.12. The van der Waals surface area contributed by atoms with Crippen molar-refractivity contribution in [2.75, 3.05) is 0 Å². The molecule has 18 heavy (non-hydrogen) atoms. The summed E-state index contributed by atoms with van der Waals surface area (Å²) in [5.41, 5.74) is 0.541. The lowest BCUT2D eigenvalue weighted by Crippen LogP contribution is -2.16. The van der Waals surface area contributed by atoms with Gasteiger partial charge < -0.3 is 9.84 Å². The van der Waals surface area contributed by atoms with Gasteiger partial charge in [-0.15, -0.1) is 0 Å². The average molecular weight is 252 g/mol. The zero-order chi connectivity index (χ0) is 13.0. The highest BCUT2D eigenvalue weighted by Gasteiger charge is 2.17. The molecule has 0 spiro atoms. The number of ether oxygens (including phenoxy) is 1. The van der Waals surface area contributed by atoms with Gasteiger partial charge in [0.2, 0.25) is 0 Å². The fourth-order valence-electron chi connectivity index (χ4n) is 2.49. The number of benzene rings is 1. The van der Waals surface area contributed by atoms with Gasteiger partial charge in [0.05, 0.1) is 12.2 Å². The van der Waals surface area contributed by atoms with Crippen LogP contribution in [0, 0.1) is 5.82 Å². The Morgan fingerprint density at radius 3 is 2.50 bits per heavy atom. The molecule has 1 saturated carbocycles. The van der Waals surface area contributed by atoms with Gasteiger partial charge in [-0.05, 0) is 50.8 Å². The molecule has 2 nitrogen and oxygen atoms in total. The van der Waals surface area contributed by atoms with E-state index in [1.807, 2.05) is 0 Å². The summed E-state index contributed by atoms with van der Waals surface area (Å²) >= 11 is 0. The van der Waals surface area contributed by atoms with Crippen LogP contribution in [0.2, 0.25) is 0 Å². The first kappa shape index (κ1) is 13.3. The van der Waals surface area contributed by atoms with Crippen molar-refractivity contribution in [2.45, 2.75) is 57.7 Å². The van der Waals surface area contributed by atoms with E-state index < -0.39 is 6.10 Å². The van der Waals surface area contributed by atoms with Gasteiger partial charge in [0.15, 0.2) is 0 Å². The van der Waals surface area contributed by atoms with Crippen LogP contribution in [0.3, 0.4) is 0 Å². The van der Waals surface area contributed by atoms with E-state index in [1.54, 1.807) is 13.0 Å². The molecule has 0 aromatic heterocycles. The summed E-state index contributed by atoms with van der Waals surface area (Å²) in [6.07, 6.45) is 6.52. The summed E-state index contributed by atoms with van der Waals surface area (Å²) in [5, 5.41) is 9.67. The lowest BCUT2D eigenvalue weighted by atomic mass is 10.1.